The number of carbonyl (C=O) groups is 1. The van der Waals surface area contributed by atoms with E-state index in [1.54, 1.807) is 6.08 Å². The highest BCUT2D eigenvalue weighted by atomic mass is 19.3. The Labute approximate surface area is 111 Å². The molecule has 0 radical (unpaired) electrons. The first kappa shape index (κ1) is 15.3. The molecule has 0 aliphatic heterocycles. The normalized spacial score (nSPS) is 11.4. The molecule has 0 spiro atoms. The van der Waals surface area contributed by atoms with Crippen LogP contribution in [0.25, 0.3) is 6.08 Å². The van der Waals surface area contributed by atoms with Crippen molar-refractivity contribution in [3.05, 3.63) is 42.0 Å². The molecule has 3 nitrogen and oxygen atoms in total. The second-order valence-corrected chi connectivity index (χ2v) is 4.31. The van der Waals surface area contributed by atoms with Crippen molar-refractivity contribution >= 4 is 12.0 Å². The molecule has 0 atom stereocenters. The van der Waals surface area contributed by atoms with Gasteiger partial charge in [-0.3, -0.25) is 4.90 Å². The van der Waals surface area contributed by atoms with Gasteiger partial charge in [-0.1, -0.05) is 36.9 Å². The number of carbonyl (C=O) groups excluding carboxylic acids is 1. The maximum atomic E-state index is 13.4. The highest BCUT2D eigenvalue weighted by Gasteiger charge is 2.41. The SMILES string of the molecule is C=Cc1ccc(CN(C)CC(F)(F)C(=O)OC)cc1. The van der Waals surface area contributed by atoms with E-state index in [1.807, 2.05) is 24.3 Å². The van der Waals surface area contributed by atoms with Gasteiger partial charge in [-0.2, -0.15) is 8.78 Å². The molecule has 0 bridgehead atoms. The van der Waals surface area contributed by atoms with Crippen molar-refractivity contribution in [2.45, 2.75) is 12.5 Å². The predicted octanol–water partition coefficient (Wildman–Crippen LogP) is 2.57. The predicted molar refractivity (Wildman–Crippen MR) is 69.8 cm³/mol. The molecule has 19 heavy (non-hydrogen) atoms. The van der Waals surface area contributed by atoms with Crippen LogP contribution in [0.3, 0.4) is 0 Å². The van der Waals surface area contributed by atoms with E-state index in [1.165, 1.54) is 11.9 Å². The maximum Gasteiger partial charge on any atom is 0.378 e. The first-order chi connectivity index (χ1) is 8.89. The molecule has 1 aromatic rings. The maximum absolute atomic E-state index is 13.4. The van der Waals surface area contributed by atoms with Crippen LogP contribution in [0.5, 0.6) is 0 Å². The standard InChI is InChI=1S/C14H17F2NO2/c1-4-11-5-7-12(8-6-11)9-17(2)10-14(15,16)13(18)19-3/h4-8H,1,9-10H2,2-3H3. The number of nitrogens with zero attached hydrogens (tertiary/aromatic N) is 1. The molecule has 1 rings (SSSR count). The Morgan fingerprint density at radius 1 is 1.42 bits per heavy atom. The fourth-order valence-corrected chi connectivity index (χ4v) is 1.68. The van der Waals surface area contributed by atoms with Crippen molar-refractivity contribution < 1.29 is 18.3 Å². The molecule has 0 aliphatic rings. The summed E-state index contributed by atoms with van der Waals surface area (Å²) in [5.74, 6) is -5.01. The van der Waals surface area contributed by atoms with E-state index >= 15 is 0 Å². The zero-order valence-corrected chi connectivity index (χ0v) is 11.0. The lowest BCUT2D eigenvalue weighted by Crippen LogP contribution is -2.41. The number of esters is 1. The highest BCUT2D eigenvalue weighted by Crippen LogP contribution is 2.18. The summed E-state index contributed by atoms with van der Waals surface area (Å²) in [4.78, 5) is 12.3. The van der Waals surface area contributed by atoms with Crippen LogP contribution < -0.4 is 0 Å². The van der Waals surface area contributed by atoms with Gasteiger partial charge in [-0.05, 0) is 18.2 Å². The largest absolute Gasteiger partial charge is 0.465 e. The number of alkyl halides is 2. The average molecular weight is 269 g/mol. The number of methoxy groups -OCH3 is 1. The topological polar surface area (TPSA) is 29.5 Å². The zero-order valence-electron chi connectivity index (χ0n) is 11.0. The smallest absolute Gasteiger partial charge is 0.378 e. The first-order valence-corrected chi connectivity index (χ1v) is 5.75. The summed E-state index contributed by atoms with van der Waals surface area (Å²) in [5, 5.41) is 0. The van der Waals surface area contributed by atoms with E-state index in [4.69, 9.17) is 0 Å². The van der Waals surface area contributed by atoms with Gasteiger partial charge < -0.3 is 4.74 Å². The van der Waals surface area contributed by atoms with E-state index in [2.05, 4.69) is 11.3 Å². The summed E-state index contributed by atoms with van der Waals surface area (Å²) in [6.07, 6.45) is 1.71. The number of benzene rings is 1. The molecule has 0 aliphatic carbocycles. The van der Waals surface area contributed by atoms with Crippen LogP contribution in [0.2, 0.25) is 0 Å². The summed E-state index contributed by atoms with van der Waals surface area (Å²) in [5.41, 5.74) is 1.85. The Balaban J connectivity index is 2.61. The number of hydrogen-bond acceptors (Lipinski definition) is 3. The molecule has 0 unspecified atom stereocenters. The quantitative estimate of drug-likeness (QED) is 0.743. The van der Waals surface area contributed by atoms with Crippen molar-refractivity contribution in [2.75, 3.05) is 20.7 Å². The summed E-state index contributed by atoms with van der Waals surface area (Å²) in [6.45, 7) is 3.28. The van der Waals surface area contributed by atoms with Gasteiger partial charge in [0.1, 0.15) is 0 Å². The highest BCUT2D eigenvalue weighted by molar-refractivity contribution is 5.77. The molecule has 0 saturated carbocycles. The minimum atomic E-state index is -3.50. The van der Waals surface area contributed by atoms with Crippen LogP contribution in [-0.4, -0.2) is 37.5 Å². The minimum absolute atomic E-state index is 0.323. The number of hydrogen-bond donors (Lipinski definition) is 0. The van der Waals surface area contributed by atoms with Gasteiger partial charge in [0.05, 0.1) is 13.7 Å². The van der Waals surface area contributed by atoms with Crippen molar-refractivity contribution in [2.24, 2.45) is 0 Å². The molecular weight excluding hydrogens is 252 g/mol. The van der Waals surface area contributed by atoms with Crippen LogP contribution in [0.4, 0.5) is 8.78 Å². The van der Waals surface area contributed by atoms with Crippen molar-refractivity contribution in [3.8, 4) is 0 Å². The Bertz CT molecular complexity index is 443. The van der Waals surface area contributed by atoms with Crippen LogP contribution >= 0.6 is 0 Å². The van der Waals surface area contributed by atoms with Crippen molar-refractivity contribution in [1.82, 2.24) is 4.90 Å². The van der Waals surface area contributed by atoms with E-state index in [-0.39, 0.29) is 0 Å². The molecule has 5 heteroatoms. The Hall–Kier alpha value is -1.75. The molecule has 1 aromatic carbocycles. The van der Waals surface area contributed by atoms with Crippen molar-refractivity contribution in [1.29, 1.82) is 0 Å². The number of ether oxygens (including phenoxy) is 1. The monoisotopic (exact) mass is 269 g/mol. The summed E-state index contributed by atoms with van der Waals surface area (Å²) < 4.78 is 30.8. The molecular formula is C14H17F2NO2. The van der Waals surface area contributed by atoms with Gasteiger partial charge in [0.2, 0.25) is 0 Å². The third-order valence-corrected chi connectivity index (χ3v) is 2.62. The lowest BCUT2D eigenvalue weighted by atomic mass is 10.1. The van der Waals surface area contributed by atoms with E-state index in [0.29, 0.717) is 6.54 Å². The third kappa shape index (κ3) is 4.44. The lowest BCUT2D eigenvalue weighted by molar-refractivity contribution is -0.171. The van der Waals surface area contributed by atoms with Crippen LogP contribution in [0.1, 0.15) is 11.1 Å². The van der Waals surface area contributed by atoms with Crippen molar-refractivity contribution in [3.63, 3.8) is 0 Å². The van der Waals surface area contributed by atoms with E-state index in [0.717, 1.165) is 18.2 Å². The number of halogens is 2. The summed E-state index contributed by atoms with van der Waals surface area (Å²) in [7, 11) is 2.47. The molecule has 104 valence electrons. The van der Waals surface area contributed by atoms with E-state index in [9.17, 15) is 13.6 Å². The molecule has 0 aromatic heterocycles. The minimum Gasteiger partial charge on any atom is -0.465 e. The van der Waals surface area contributed by atoms with Gasteiger partial charge >= 0.3 is 11.9 Å². The Morgan fingerprint density at radius 2 is 2.00 bits per heavy atom. The molecule has 0 saturated heterocycles. The number of rotatable bonds is 6. The van der Waals surface area contributed by atoms with E-state index < -0.39 is 18.4 Å². The first-order valence-electron chi connectivity index (χ1n) is 5.75. The lowest BCUT2D eigenvalue weighted by Gasteiger charge is -2.21. The zero-order chi connectivity index (χ0) is 14.5. The Kier molecular flexibility index (Phi) is 5.18. The van der Waals surface area contributed by atoms with Crippen LogP contribution in [0.15, 0.2) is 30.8 Å². The average Bonchev–Trinajstić information content (AvgIpc) is 2.37. The fourth-order valence-electron chi connectivity index (χ4n) is 1.68. The second kappa shape index (κ2) is 6.43. The van der Waals surface area contributed by atoms with Crippen LogP contribution in [-0.2, 0) is 16.1 Å². The molecule has 0 fully saturated rings. The second-order valence-electron chi connectivity index (χ2n) is 4.31. The molecule has 0 N–H and O–H groups in total. The van der Waals surface area contributed by atoms with Gasteiger partial charge in [0.15, 0.2) is 0 Å². The van der Waals surface area contributed by atoms with Gasteiger partial charge in [0.25, 0.3) is 0 Å². The summed E-state index contributed by atoms with van der Waals surface area (Å²) in [6, 6.07) is 7.39. The van der Waals surface area contributed by atoms with Gasteiger partial charge in [0, 0.05) is 6.54 Å². The van der Waals surface area contributed by atoms with Gasteiger partial charge in [-0.25, -0.2) is 4.79 Å². The third-order valence-electron chi connectivity index (χ3n) is 2.62. The van der Waals surface area contributed by atoms with Crippen LogP contribution in [0, 0.1) is 0 Å². The Morgan fingerprint density at radius 3 is 2.47 bits per heavy atom. The fraction of sp³-hybridized carbons (Fsp3) is 0.357. The molecule has 0 heterocycles. The van der Waals surface area contributed by atoms with Gasteiger partial charge in [-0.15, -0.1) is 0 Å². The summed E-state index contributed by atoms with van der Waals surface area (Å²) >= 11 is 0. The molecule has 0 amide bonds.